The third-order valence-electron chi connectivity index (χ3n) is 4.62. The first-order chi connectivity index (χ1) is 8.81. The SMILES string of the molecule is COCC1CCCN(C2CCCCCCC2O)C1. The highest BCUT2D eigenvalue weighted by Gasteiger charge is 2.30. The van der Waals surface area contributed by atoms with Gasteiger partial charge in [0.2, 0.25) is 0 Å². The molecule has 2 fully saturated rings. The van der Waals surface area contributed by atoms with Crippen LogP contribution in [0.3, 0.4) is 0 Å². The zero-order valence-electron chi connectivity index (χ0n) is 11.8. The fraction of sp³-hybridized carbons (Fsp3) is 1.00. The number of piperidine rings is 1. The predicted octanol–water partition coefficient (Wildman–Crippen LogP) is 2.43. The zero-order valence-corrected chi connectivity index (χ0v) is 11.8. The molecule has 1 saturated heterocycles. The van der Waals surface area contributed by atoms with Crippen LogP contribution in [0.25, 0.3) is 0 Å². The number of hydrogen-bond donors (Lipinski definition) is 1. The highest BCUT2D eigenvalue weighted by Crippen LogP contribution is 2.26. The third kappa shape index (κ3) is 3.94. The highest BCUT2D eigenvalue weighted by atomic mass is 16.5. The molecule has 18 heavy (non-hydrogen) atoms. The number of hydrogen-bond acceptors (Lipinski definition) is 3. The fourth-order valence-electron chi connectivity index (χ4n) is 3.64. The van der Waals surface area contributed by atoms with Gasteiger partial charge in [0.05, 0.1) is 12.7 Å². The van der Waals surface area contributed by atoms with Crippen molar-refractivity contribution in [2.75, 3.05) is 26.8 Å². The van der Waals surface area contributed by atoms with Crippen molar-refractivity contribution in [3.63, 3.8) is 0 Å². The van der Waals surface area contributed by atoms with Crippen LogP contribution in [0.15, 0.2) is 0 Å². The van der Waals surface area contributed by atoms with E-state index in [2.05, 4.69) is 4.90 Å². The average Bonchev–Trinajstić information content (AvgIpc) is 2.35. The molecule has 0 aromatic rings. The summed E-state index contributed by atoms with van der Waals surface area (Å²) in [5, 5.41) is 10.4. The van der Waals surface area contributed by atoms with E-state index >= 15 is 0 Å². The highest BCUT2D eigenvalue weighted by molar-refractivity contribution is 4.84. The fourth-order valence-corrected chi connectivity index (χ4v) is 3.64. The minimum absolute atomic E-state index is 0.105. The molecule has 0 bridgehead atoms. The second-order valence-corrected chi connectivity index (χ2v) is 6.08. The molecule has 3 nitrogen and oxygen atoms in total. The lowest BCUT2D eigenvalue weighted by molar-refractivity contribution is -0.00147. The number of aliphatic hydroxyl groups is 1. The molecule has 0 amide bonds. The van der Waals surface area contributed by atoms with Crippen molar-refractivity contribution in [1.29, 1.82) is 0 Å². The van der Waals surface area contributed by atoms with Crippen LogP contribution in [-0.2, 0) is 4.74 Å². The molecule has 1 heterocycles. The van der Waals surface area contributed by atoms with Crippen LogP contribution in [0.4, 0.5) is 0 Å². The molecule has 2 aliphatic rings. The van der Waals surface area contributed by atoms with Crippen LogP contribution in [0.5, 0.6) is 0 Å². The van der Waals surface area contributed by atoms with E-state index in [-0.39, 0.29) is 6.10 Å². The molecule has 3 atom stereocenters. The van der Waals surface area contributed by atoms with Crippen LogP contribution >= 0.6 is 0 Å². The Morgan fingerprint density at radius 3 is 2.61 bits per heavy atom. The van der Waals surface area contributed by atoms with E-state index in [1.54, 1.807) is 7.11 Å². The number of rotatable bonds is 3. The van der Waals surface area contributed by atoms with E-state index in [1.807, 2.05) is 0 Å². The molecule has 3 heteroatoms. The lowest BCUT2D eigenvalue weighted by Crippen LogP contribution is -2.49. The van der Waals surface area contributed by atoms with E-state index in [4.69, 9.17) is 4.74 Å². The Morgan fingerprint density at radius 1 is 1.06 bits per heavy atom. The van der Waals surface area contributed by atoms with Crippen LogP contribution in [0.2, 0.25) is 0 Å². The normalized spacial score (nSPS) is 36.0. The molecule has 1 aliphatic heterocycles. The largest absolute Gasteiger partial charge is 0.391 e. The summed E-state index contributed by atoms with van der Waals surface area (Å²) in [5.41, 5.74) is 0. The summed E-state index contributed by atoms with van der Waals surface area (Å²) < 4.78 is 5.30. The third-order valence-corrected chi connectivity index (χ3v) is 4.62. The van der Waals surface area contributed by atoms with Crippen molar-refractivity contribution in [2.45, 2.75) is 63.5 Å². The molecule has 1 saturated carbocycles. The van der Waals surface area contributed by atoms with E-state index in [0.717, 1.165) is 19.6 Å². The number of methoxy groups -OCH3 is 1. The quantitative estimate of drug-likeness (QED) is 0.840. The molecule has 2 rings (SSSR count). The van der Waals surface area contributed by atoms with E-state index in [1.165, 1.54) is 51.5 Å². The Morgan fingerprint density at radius 2 is 1.83 bits per heavy atom. The van der Waals surface area contributed by atoms with Gasteiger partial charge in [0.1, 0.15) is 0 Å². The zero-order chi connectivity index (χ0) is 12.8. The molecule has 0 aromatic carbocycles. The van der Waals surface area contributed by atoms with Crippen molar-refractivity contribution >= 4 is 0 Å². The van der Waals surface area contributed by atoms with Crippen LogP contribution < -0.4 is 0 Å². The van der Waals surface area contributed by atoms with E-state index in [0.29, 0.717) is 12.0 Å². The Balaban J connectivity index is 1.90. The van der Waals surface area contributed by atoms with Crippen molar-refractivity contribution < 1.29 is 9.84 Å². The molecule has 3 unspecified atom stereocenters. The van der Waals surface area contributed by atoms with E-state index < -0.39 is 0 Å². The van der Waals surface area contributed by atoms with Crippen LogP contribution in [0.1, 0.15) is 51.4 Å². The first-order valence-corrected chi connectivity index (χ1v) is 7.72. The van der Waals surface area contributed by atoms with Crippen LogP contribution in [-0.4, -0.2) is 49.0 Å². The number of ether oxygens (including phenoxy) is 1. The lowest BCUT2D eigenvalue weighted by Gasteiger charge is -2.41. The summed E-state index contributed by atoms with van der Waals surface area (Å²) in [7, 11) is 1.80. The molecule has 0 radical (unpaired) electrons. The molecular formula is C15H29NO2. The molecule has 1 N–H and O–H groups in total. The smallest absolute Gasteiger partial charge is 0.0695 e. The molecule has 1 aliphatic carbocycles. The van der Waals surface area contributed by atoms with Gasteiger partial charge in [-0.1, -0.05) is 25.7 Å². The van der Waals surface area contributed by atoms with Gasteiger partial charge in [-0.05, 0) is 38.1 Å². The summed E-state index contributed by atoms with van der Waals surface area (Å²) in [4.78, 5) is 2.54. The lowest BCUT2D eigenvalue weighted by atomic mass is 9.90. The van der Waals surface area contributed by atoms with Gasteiger partial charge in [-0.3, -0.25) is 4.90 Å². The predicted molar refractivity (Wildman–Crippen MR) is 73.7 cm³/mol. The maximum absolute atomic E-state index is 10.4. The summed E-state index contributed by atoms with van der Waals surface area (Å²) in [5.74, 6) is 0.668. The first-order valence-electron chi connectivity index (χ1n) is 7.72. The minimum atomic E-state index is -0.105. The van der Waals surface area contributed by atoms with Crippen molar-refractivity contribution in [1.82, 2.24) is 4.90 Å². The van der Waals surface area contributed by atoms with Gasteiger partial charge in [0.25, 0.3) is 0 Å². The Hall–Kier alpha value is -0.120. The molecule has 0 spiro atoms. The second-order valence-electron chi connectivity index (χ2n) is 6.08. The summed E-state index contributed by atoms with van der Waals surface area (Å²) in [6, 6.07) is 0.407. The number of nitrogens with zero attached hydrogens (tertiary/aromatic N) is 1. The average molecular weight is 255 g/mol. The monoisotopic (exact) mass is 255 g/mol. The van der Waals surface area contributed by atoms with Gasteiger partial charge in [-0.15, -0.1) is 0 Å². The van der Waals surface area contributed by atoms with Gasteiger partial charge in [0, 0.05) is 19.7 Å². The minimum Gasteiger partial charge on any atom is -0.391 e. The number of aliphatic hydroxyl groups excluding tert-OH is 1. The van der Waals surface area contributed by atoms with E-state index in [9.17, 15) is 5.11 Å². The van der Waals surface area contributed by atoms with Crippen molar-refractivity contribution in [3.8, 4) is 0 Å². The second kappa shape index (κ2) is 7.46. The standard InChI is InChI=1S/C15H29NO2/c1-18-12-13-7-6-10-16(11-13)14-8-4-2-3-5-9-15(14)17/h13-15,17H,2-12H2,1H3. The Kier molecular flexibility index (Phi) is 5.93. The van der Waals surface area contributed by atoms with Gasteiger partial charge >= 0.3 is 0 Å². The van der Waals surface area contributed by atoms with Crippen molar-refractivity contribution in [3.05, 3.63) is 0 Å². The Bertz CT molecular complexity index is 233. The van der Waals surface area contributed by atoms with Gasteiger partial charge in [-0.2, -0.15) is 0 Å². The van der Waals surface area contributed by atoms with Gasteiger partial charge in [-0.25, -0.2) is 0 Å². The topological polar surface area (TPSA) is 32.7 Å². The summed E-state index contributed by atoms with van der Waals surface area (Å²) in [6.07, 6.45) is 9.75. The van der Waals surface area contributed by atoms with Gasteiger partial charge < -0.3 is 9.84 Å². The maximum atomic E-state index is 10.4. The maximum Gasteiger partial charge on any atom is 0.0695 e. The Labute approximate surface area is 112 Å². The number of likely N-dealkylation sites (tertiary alicyclic amines) is 1. The van der Waals surface area contributed by atoms with Gasteiger partial charge in [0.15, 0.2) is 0 Å². The summed E-state index contributed by atoms with van der Waals surface area (Å²) in [6.45, 7) is 3.16. The first kappa shape index (κ1) is 14.3. The molecular weight excluding hydrogens is 226 g/mol. The summed E-state index contributed by atoms with van der Waals surface area (Å²) >= 11 is 0. The molecule has 0 aromatic heterocycles. The molecule has 106 valence electrons. The van der Waals surface area contributed by atoms with Crippen molar-refractivity contribution in [2.24, 2.45) is 5.92 Å². The van der Waals surface area contributed by atoms with Crippen LogP contribution in [0, 0.1) is 5.92 Å².